The zero-order valence-corrected chi connectivity index (χ0v) is 15.2. The second-order valence-corrected chi connectivity index (χ2v) is 7.89. The Hall–Kier alpha value is -1.18. The van der Waals surface area contributed by atoms with Crippen LogP contribution in [0.5, 0.6) is 0 Å². The molecule has 2 rings (SSSR count). The molecule has 124 valence electrons. The Morgan fingerprint density at radius 2 is 1.86 bits per heavy atom. The predicted molar refractivity (Wildman–Crippen MR) is 92.7 cm³/mol. The molecule has 2 aliphatic rings. The number of rotatable bonds is 4. The van der Waals surface area contributed by atoms with Gasteiger partial charge >= 0.3 is 0 Å². The van der Waals surface area contributed by atoms with E-state index in [9.17, 15) is 9.59 Å². The van der Waals surface area contributed by atoms with E-state index in [2.05, 4.69) is 40.7 Å². The quantitative estimate of drug-likeness (QED) is 0.402. The molecule has 0 aromatic rings. The van der Waals surface area contributed by atoms with Crippen molar-refractivity contribution in [2.45, 2.75) is 73.6 Å². The average molecular weight is 304 g/mol. The fourth-order valence-corrected chi connectivity index (χ4v) is 3.69. The van der Waals surface area contributed by atoms with Gasteiger partial charge in [0.25, 0.3) is 0 Å². The van der Waals surface area contributed by atoms with Crippen molar-refractivity contribution in [2.75, 3.05) is 0 Å². The number of carbonyl (C=O) groups excluding carboxylic acids is 2. The summed E-state index contributed by atoms with van der Waals surface area (Å²) in [6.07, 6.45) is 9.93. The minimum absolute atomic E-state index is 0.0255. The van der Waals surface area contributed by atoms with E-state index in [1.54, 1.807) is 6.08 Å². The fraction of sp³-hybridized carbons (Fsp3) is 0.700. The summed E-state index contributed by atoms with van der Waals surface area (Å²) < 4.78 is 0. The van der Waals surface area contributed by atoms with Gasteiger partial charge in [0.2, 0.25) is 0 Å². The van der Waals surface area contributed by atoms with Crippen LogP contribution in [0.3, 0.4) is 0 Å². The number of ketones is 1. The summed E-state index contributed by atoms with van der Waals surface area (Å²) in [4.78, 5) is 21.6. The lowest BCUT2D eigenvalue weighted by atomic mass is 9.70. The lowest BCUT2D eigenvalue weighted by Gasteiger charge is -2.32. The second kappa shape index (κ2) is 7.39. The van der Waals surface area contributed by atoms with Crippen LogP contribution in [-0.2, 0) is 9.59 Å². The SMILES string of the molecule is CC(C)=CCC/C(C)=C/C=O.CC12CCC(CC1=O)C2(C)C. The van der Waals surface area contributed by atoms with Gasteiger partial charge in [-0.2, -0.15) is 0 Å². The minimum atomic E-state index is 0.0255. The van der Waals surface area contributed by atoms with Gasteiger partial charge in [0.15, 0.2) is 0 Å². The summed E-state index contributed by atoms with van der Waals surface area (Å²) >= 11 is 0. The molecular weight excluding hydrogens is 272 g/mol. The summed E-state index contributed by atoms with van der Waals surface area (Å²) in [6, 6.07) is 0. The van der Waals surface area contributed by atoms with Crippen LogP contribution < -0.4 is 0 Å². The molecule has 2 nitrogen and oxygen atoms in total. The minimum Gasteiger partial charge on any atom is -0.299 e. The van der Waals surface area contributed by atoms with Crippen LogP contribution in [0, 0.1) is 16.7 Å². The monoisotopic (exact) mass is 304 g/mol. The summed E-state index contributed by atoms with van der Waals surface area (Å²) in [5.41, 5.74) is 2.79. The van der Waals surface area contributed by atoms with Gasteiger partial charge in [0, 0.05) is 11.8 Å². The van der Waals surface area contributed by atoms with Crippen molar-refractivity contribution in [1.82, 2.24) is 0 Å². The average Bonchev–Trinajstić information content (AvgIpc) is 2.72. The van der Waals surface area contributed by atoms with Crippen LogP contribution in [-0.4, -0.2) is 12.1 Å². The smallest absolute Gasteiger partial charge is 0.142 e. The van der Waals surface area contributed by atoms with E-state index in [0.29, 0.717) is 11.7 Å². The van der Waals surface area contributed by atoms with E-state index < -0.39 is 0 Å². The van der Waals surface area contributed by atoms with E-state index in [-0.39, 0.29) is 10.8 Å². The van der Waals surface area contributed by atoms with E-state index in [4.69, 9.17) is 0 Å². The Bertz CT molecular complexity index is 478. The summed E-state index contributed by atoms with van der Waals surface area (Å²) in [7, 11) is 0. The molecule has 0 heterocycles. The predicted octanol–water partition coefficient (Wildman–Crippen LogP) is 5.28. The van der Waals surface area contributed by atoms with E-state index >= 15 is 0 Å². The van der Waals surface area contributed by atoms with Crippen molar-refractivity contribution in [3.63, 3.8) is 0 Å². The van der Waals surface area contributed by atoms with Gasteiger partial charge in [0.05, 0.1) is 0 Å². The van der Waals surface area contributed by atoms with Crippen molar-refractivity contribution in [2.24, 2.45) is 16.7 Å². The Morgan fingerprint density at radius 3 is 2.18 bits per heavy atom. The van der Waals surface area contributed by atoms with Crippen molar-refractivity contribution < 1.29 is 9.59 Å². The summed E-state index contributed by atoms with van der Waals surface area (Å²) in [5, 5.41) is 0. The molecule has 0 aromatic carbocycles. The van der Waals surface area contributed by atoms with Crippen molar-refractivity contribution in [3.05, 3.63) is 23.3 Å². The highest BCUT2D eigenvalue weighted by Crippen LogP contribution is 2.63. The molecule has 2 heteroatoms. The van der Waals surface area contributed by atoms with Gasteiger partial charge < -0.3 is 0 Å². The molecule has 2 fully saturated rings. The van der Waals surface area contributed by atoms with Crippen LogP contribution in [0.4, 0.5) is 0 Å². The van der Waals surface area contributed by atoms with Crippen LogP contribution >= 0.6 is 0 Å². The van der Waals surface area contributed by atoms with Gasteiger partial charge in [-0.1, -0.05) is 38.0 Å². The zero-order chi connectivity index (χ0) is 17.0. The van der Waals surface area contributed by atoms with Gasteiger partial charge in [0.1, 0.15) is 12.1 Å². The molecule has 0 saturated heterocycles. The van der Waals surface area contributed by atoms with Crippen molar-refractivity contribution in [1.29, 1.82) is 0 Å². The first-order chi connectivity index (χ1) is 10.1. The van der Waals surface area contributed by atoms with Gasteiger partial charge in [-0.3, -0.25) is 9.59 Å². The highest BCUT2D eigenvalue weighted by molar-refractivity contribution is 5.89. The molecule has 0 N–H and O–H groups in total. The largest absolute Gasteiger partial charge is 0.299 e. The number of hydrogen-bond acceptors (Lipinski definition) is 2. The molecule has 2 aliphatic carbocycles. The fourth-order valence-electron chi connectivity index (χ4n) is 3.69. The normalized spacial score (nSPS) is 28.9. The number of hydrogen-bond donors (Lipinski definition) is 0. The first-order valence-corrected chi connectivity index (χ1v) is 8.42. The van der Waals surface area contributed by atoms with Gasteiger partial charge in [-0.25, -0.2) is 0 Å². The number of fused-ring (bicyclic) bond motifs is 2. The molecule has 0 amide bonds. The molecule has 22 heavy (non-hydrogen) atoms. The van der Waals surface area contributed by atoms with Gasteiger partial charge in [-0.15, -0.1) is 0 Å². The molecule has 2 saturated carbocycles. The van der Waals surface area contributed by atoms with Crippen LogP contribution in [0.25, 0.3) is 0 Å². The topological polar surface area (TPSA) is 34.1 Å². The maximum atomic E-state index is 11.6. The molecule has 2 unspecified atom stereocenters. The maximum absolute atomic E-state index is 11.6. The Kier molecular flexibility index (Phi) is 6.34. The first kappa shape index (κ1) is 18.9. The first-order valence-electron chi connectivity index (χ1n) is 8.42. The Labute approximate surface area is 136 Å². The number of allylic oxidation sites excluding steroid dienone is 4. The number of aldehydes is 1. The third-order valence-electron chi connectivity index (χ3n) is 5.93. The molecule has 0 aromatic heterocycles. The third kappa shape index (κ3) is 3.97. The molecule has 2 bridgehead atoms. The third-order valence-corrected chi connectivity index (χ3v) is 5.93. The molecule has 2 atom stereocenters. The van der Waals surface area contributed by atoms with Crippen LogP contribution in [0.15, 0.2) is 23.3 Å². The van der Waals surface area contributed by atoms with Crippen molar-refractivity contribution >= 4 is 12.1 Å². The molecule has 0 aliphatic heterocycles. The van der Waals surface area contributed by atoms with Crippen LogP contribution in [0.2, 0.25) is 0 Å². The lowest BCUT2D eigenvalue weighted by Crippen LogP contribution is -2.32. The standard InChI is InChI=1S/2C10H16O/c1-9(2)7-4-5-10(9,3)8(11)6-7;1-9(2)5-4-6-10(3)7-8-11/h7H,4-6H2,1-3H3;5,7-8H,4,6H2,1-3H3/b;10-7+. The molecule has 0 spiro atoms. The summed E-state index contributed by atoms with van der Waals surface area (Å²) in [6.45, 7) is 12.8. The maximum Gasteiger partial charge on any atom is 0.142 e. The molecule has 0 radical (unpaired) electrons. The summed E-state index contributed by atoms with van der Waals surface area (Å²) in [5.74, 6) is 1.19. The highest BCUT2D eigenvalue weighted by Gasteiger charge is 2.61. The Balaban J connectivity index is 0.000000220. The molecular formula is C20H32O2. The van der Waals surface area contributed by atoms with E-state index in [1.165, 1.54) is 12.0 Å². The van der Waals surface area contributed by atoms with Crippen LogP contribution in [0.1, 0.15) is 73.6 Å². The van der Waals surface area contributed by atoms with E-state index in [1.807, 2.05) is 6.92 Å². The van der Waals surface area contributed by atoms with E-state index in [0.717, 1.165) is 37.5 Å². The van der Waals surface area contributed by atoms with Crippen molar-refractivity contribution in [3.8, 4) is 0 Å². The Morgan fingerprint density at radius 1 is 1.23 bits per heavy atom. The highest BCUT2D eigenvalue weighted by atomic mass is 16.1. The van der Waals surface area contributed by atoms with Gasteiger partial charge in [-0.05, 0) is 63.9 Å². The number of Topliss-reactive ketones (excluding diaryl/α,β-unsaturated/α-hetero) is 1. The lowest BCUT2D eigenvalue weighted by molar-refractivity contribution is -0.128. The zero-order valence-electron chi connectivity index (χ0n) is 15.2. The number of carbonyl (C=O) groups is 2. The second-order valence-electron chi connectivity index (χ2n) is 7.89.